The lowest BCUT2D eigenvalue weighted by Crippen LogP contribution is -2.70. The van der Waals surface area contributed by atoms with Gasteiger partial charge in [-0.15, -0.1) is 0 Å². The standard InChI is InChI=1S/C19H17N5O8/c1-20-13(25)11-12(9-7-5-6-8-10(9)24(30)31)19(32-14(11)21(2)17(20)28)15(26)22(3)18(29)23(4)16(19)27/h5-8,12H,1-4H3. The number of carbonyl (C=O) groups excluding carboxylic acids is 3. The number of hydrogen-bond acceptors (Lipinski definition) is 8. The Bertz CT molecular complexity index is 1330. The molecule has 13 heteroatoms. The van der Waals surface area contributed by atoms with Crippen molar-refractivity contribution in [1.82, 2.24) is 18.9 Å². The fourth-order valence-electron chi connectivity index (χ4n) is 4.23. The lowest BCUT2D eigenvalue weighted by molar-refractivity contribution is -0.385. The number of likely N-dealkylation sites (N-methyl/N-ethyl adjacent to an activating group) is 2. The average molecular weight is 443 g/mol. The zero-order chi connectivity index (χ0) is 23.7. The van der Waals surface area contributed by atoms with E-state index in [1.54, 1.807) is 0 Å². The molecular weight excluding hydrogens is 426 g/mol. The lowest BCUT2D eigenvalue weighted by Gasteiger charge is -2.41. The summed E-state index contributed by atoms with van der Waals surface area (Å²) in [6.07, 6.45) is 0. The Morgan fingerprint density at radius 2 is 1.50 bits per heavy atom. The molecule has 2 aromatic rings. The predicted octanol–water partition coefficient (Wildman–Crippen LogP) is -0.694. The first-order chi connectivity index (χ1) is 15.0. The van der Waals surface area contributed by atoms with Crippen molar-refractivity contribution in [1.29, 1.82) is 0 Å². The molecule has 1 fully saturated rings. The van der Waals surface area contributed by atoms with E-state index in [9.17, 15) is 34.1 Å². The third-order valence-electron chi connectivity index (χ3n) is 5.86. The summed E-state index contributed by atoms with van der Waals surface area (Å²) in [6, 6.07) is 4.34. The molecule has 1 unspecified atom stereocenters. The molecule has 0 radical (unpaired) electrons. The van der Waals surface area contributed by atoms with E-state index in [0.717, 1.165) is 29.3 Å². The van der Waals surface area contributed by atoms with Gasteiger partial charge in [0.15, 0.2) is 0 Å². The van der Waals surface area contributed by atoms with Gasteiger partial charge in [0.1, 0.15) is 0 Å². The minimum atomic E-state index is -2.54. The number of para-hydroxylation sites is 1. The third kappa shape index (κ3) is 2.35. The van der Waals surface area contributed by atoms with Crippen LogP contribution in [-0.4, -0.2) is 61.4 Å². The van der Waals surface area contributed by atoms with E-state index in [1.807, 2.05) is 0 Å². The number of fused-ring (bicyclic) bond motifs is 1. The Labute approximate surface area is 179 Å². The first-order valence-corrected chi connectivity index (χ1v) is 9.29. The molecule has 4 rings (SSSR count). The highest BCUT2D eigenvalue weighted by molar-refractivity contribution is 6.23. The number of carbonyl (C=O) groups is 3. The maximum absolute atomic E-state index is 13.4. The second kappa shape index (κ2) is 6.60. The van der Waals surface area contributed by atoms with Crippen LogP contribution in [0.1, 0.15) is 17.0 Å². The normalized spacial score (nSPS) is 19.4. The smallest absolute Gasteiger partial charge is 0.333 e. The van der Waals surface area contributed by atoms with E-state index in [1.165, 1.54) is 32.3 Å². The summed E-state index contributed by atoms with van der Waals surface area (Å²) in [5.41, 5.74) is -5.10. The fraction of sp³-hybridized carbons (Fsp3) is 0.316. The maximum atomic E-state index is 13.4. The van der Waals surface area contributed by atoms with Crippen LogP contribution in [0.4, 0.5) is 10.5 Å². The quantitative estimate of drug-likeness (QED) is 0.336. The van der Waals surface area contributed by atoms with Crippen LogP contribution in [0.15, 0.2) is 33.9 Å². The van der Waals surface area contributed by atoms with Crippen molar-refractivity contribution in [3.8, 4) is 5.88 Å². The van der Waals surface area contributed by atoms with Crippen molar-refractivity contribution in [3.63, 3.8) is 0 Å². The average Bonchev–Trinajstić information content (AvgIpc) is 3.14. The Balaban J connectivity index is 2.18. The van der Waals surface area contributed by atoms with Crippen molar-refractivity contribution in [2.45, 2.75) is 11.5 Å². The monoisotopic (exact) mass is 443 g/mol. The molecule has 1 saturated heterocycles. The molecule has 166 valence electrons. The largest absolute Gasteiger partial charge is 0.450 e. The van der Waals surface area contributed by atoms with Crippen LogP contribution in [-0.2, 0) is 23.7 Å². The first-order valence-electron chi connectivity index (χ1n) is 9.29. The summed E-state index contributed by atoms with van der Waals surface area (Å²) in [4.78, 5) is 77.1. The maximum Gasteiger partial charge on any atom is 0.333 e. The summed E-state index contributed by atoms with van der Waals surface area (Å²) in [5, 5.41) is 11.8. The van der Waals surface area contributed by atoms with E-state index in [-0.39, 0.29) is 17.0 Å². The van der Waals surface area contributed by atoms with Gasteiger partial charge in [-0.25, -0.2) is 9.59 Å². The summed E-state index contributed by atoms with van der Waals surface area (Å²) in [7, 11) is 4.70. The first kappa shape index (κ1) is 21.0. The third-order valence-corrected chi connectivity index (χ3v) is 5.86. The number of ether oxygens (including phenoxy) is 1. The molecule has 4 amide bonds. The van der Waals surface area contributed by atoms with E-state index in [0.29, 0.717) is 9.80 Å². The zero-order valence-electron chi connectivity index (χ0n) is 17.4. The van der Waals surface area contributed by atoms with Crippen LogP contribution in [0, 0.1) is 10.1 Å². The van der Waals surface area contributed by atoms with Gasteiger partial charge in [-0.05, 0) is 0 Å². The Morgan fingerprint density at radius 3 is 2.06 bits per heavy atom. The number of amides is 4. The van der Waals surface area contributed by atoms with Crippen molar-refractivity contribution < 1.29 is 24.0 Å². The molecule has 1 atom stereocenters. The molecule has 3 heterocycles. The number of nitro benzene ring substituents is 1. The van der Waals surface area contributed by atoms with Crippen LogP contribution in [0.5, 0.6) is 5.88 Å². The van der Waals surface area contributed by atoms with Gasteiger partial charge in [-0.3, -0.25) is 43.4 Å². The fourth-order valence-corrected chi connectivity index (χ4v) is 4.23. The molecule has 0 saturated carbocycles. The topological polar surface area (TPSA) is 154 Å². The molecule has 1 aromatic heterocycles. The summed E-state index contributed by atoms with van der Waals surface area (Å²) in [5.74, 6) is -4.19. The van der Waals surface area contributed by atoms with Gasteiger partial charge in [0.05, 0.1) is 16.4 Å². The molecule has 32 heavy (non-hydrogen) atoms. The zero-order valence-corrected chi connectivity index (χ0v) is 17.4. The number of nitrogens with zero attached hydrogens (tertiary/aromatic N) is 5. The molecular formula is C19H17N5O8. The number of imide groups is 2. The van der Waals surface area contributed by atoms with Crippen LogP contribution in [0.3, 0.4) is 0 Å². The van der Waals surface area contributed by atoms with Gasteiger partial charge in [-0.1, -0.05) is 18.2 Å². The van der Waals surface area contributed by atoms with Crippen LogP contribution in [0.25, 0.3) is 0 Å². The van der Waals surface area contributed by atoms with Crippen molar-refractivity contribution >= 4 is 23.5 Å². The highest BCUT2D eigenvalue weighted by Gasteiger charge is 2.68. The van der Waals surface area contributed by atoms with E-state index < -0.39 is 51.2 Å². The summed E-state index contributed by atoms with van der Waals surface area (Å²) < 4.78 is 7.47. The number of rotatable bonds is 2. The molecule has 0 N–H and O–H groups in total. The summed E-state index contributed by atoms with van der Waals surface area (Å²) >= 11 is 0. The highest BCUT2D eigenvalue weighted by atomic mass is 16.6. The number of benzene rings is 1. The highest BCUT2D eigenvalue weighted by Crippen LogP contribution is 2.51. The van der Waals surface area contributed by atoms with Crippen LogP contribution >= 0.6 is 0 Å². The minimum absolute atomic E-state index is 0.148. The van der Waals surface area contributed by atoms with Crippen LogP contribution in [0.2, 0.25) is 0 Å². The molecule has 1 spiro atoms. The van der Waals surface area contributed by atoms with Gasteiger partial charge in [0, 0.05) is 39.8 Å². The minimum Gasteiger partial charge on any atom is -0.450 e. The molecule has 0 aliphatic carbocycles. The van der Waals surface area contributed by atoms with Crippen molar-refractivity contribution in [2.75, 3.05) is 14.1 Å². The predicted molar refractivity (Wildman–Crippen MR) is 106 cm³/mol. The molecule has 2 aliphatic heterocycles. The van der Waals surface area contributed by atoms with Gasteiger partial charge in [0.25, 0.3) is 28.7 Å². The number of barbiturate groups is 1. The Morgan fingerprint density at radius 1 is 0.938 bits per heavy atom. The number of nitro groups is 1. The van der Waals surface area contributed by atoms with Crippen LogP contribution < -0.4 is 16.0 Å². The van der Waals surface area contributed by atoms with Gasteiger partial charge in [-0.2, -0.15) is 0 Å². The number of urea groups is 1. The molecule has 1 aromatic carbocycles. The number of hydrogen-bond donors (Lipinski definition) is 0. The van der Waals surface area contributed by atoms with Crippen molar-refractivity contribution in [2.24, 2.45) is 14.1 Å². The Kier molecular flexibility index (Phi) is 4.33. The van der Waals surface area contributed by atoms with E-state index in [4.69, 9.17) is 4.74 Å². The van der Waals surface area contributed by atoms with Gasteiger partial charge in [0.2, 0.25) is 5.88 Å². The van der Waals surface area contributed by atoms with E-state index >= 15 is 0 Å². The van der Waals surface area contributed by atoms with Crippen molar-refractivity contribution in [3.05, 3.63) is 66.3 Å². The SMILES string of the molecule is CN1C(=O)N(C)C(=O)C2(Oc3c(c(=O)n(C)c(=O)n3C)C2c2ccccc2[N+](=O)[O-])C1=O. The van der Waals surface area contributed by atoms with Gasteiger partial charge < -0.3 is 4.74 Å². The lowest BCUT2D eigenvalue weighted by atomic mass is 9.76. The molecule has 13 nitrogen and oxygen atoms in total. The molecule has 0 bridgehead atoms. The second-order valence-electron chi connectivity index (χ2n) is 7.52. The Hall–Kier alpha value is -4.29. The second-order valence-corrected chi connectivity index (χ2v) is 7.52. The van der Waals surface area contributed by atoms with E-state index in [2.05, 4.69) is 0 Å². The number of aromatic nitrogens is 2. The summed E-state index contributed by atoms with van der Waals surface area (Å²) in [6.45, 7) is 0. The van der Waals surface area contributed by atoms with Gasteiger partial charge >= 0.3 is 11.7 Å². The molecule has 2 aliphatic rings.